The summed E-state index contributed by atoms with van der Waals surface area (Å²) >= 11 is 9.15. The van der Waals surface area contributed by atoms with E-state index in [0.29, 0.717) is 26.4 Å². The number of aliphatic carboxylic acids is 1. The van der Waals surface area contributed by atoms with Crippen molar-refractivity contribution in [2.45, 2.75) is 12.5 Å². The van der Waals surface area contributed by atoms with Crippen molar-refractivity contribution in [3.05, 3.63) is 63.1 Å². The molecule has 0 saturated carbocycles. The Morgan fingerprint density at radius 3 is 2.46 bits per heavy atom. The van der Waals surface area contributed by atoms with Gasteiger partial charge in [-0.25, -0.2) is 0 Å². The largest absolute Gasteiger partial charge is 0.550 e. The van der Waals surface area contributed by atoms with Crippen molar-refractivity contribution in [2.75, 3.05) is 7.11 Å². The summed E-state index contributed by atoms with van der Waals surface area (Å²) in [5, 5.41) is 14.2. The predicted octanol–water partition coefficient (Wildman–Crippen LogP) is 2.72. The van der Waals surface area contributed by atoms with Crippen LogP contribution in [0.2, 0.25) is 5.02 Å². The van der Waals surface area contributed by atoms with Crippen LogP contribution < -0.4 is 15.2 Å². The van der Waals surface area contributed by atoms with E-state index in [1.165, 1.54) is 7.11 Å². The van der Waals surface area contributed by atoms with E-state index in [2.05, 4.69) is 21.2 Å². The SMILES string of the molecule is COc1ccc(C(=O)NC(CC(=O)[O-])c2ccc(Cl)cc2)cc1Br. The fourth-order valence-electron chi connectivity index (χ4n) is 2.16. The molecule has 0 radical (unpaired) electrons. The highest BCUT2D eigenvalue weighted by molar-refractivity contribution is 9.10. The topological polar surface area (TPSA) is 78.5 Å². The summed E-state index contributed by atoms with van der Waals surface area (Å²) in [4.78, 5) is 23.4. The molecule has 0 fully saturated rings. The Morgan fingerprint density at radius 2 is 1.92 bits per heavy atom. The molecule has 2 rings (SSSR count). The number of rotatable bonds is 6. The Hall–Kier alpha value is -2.05. The van der Waals surface area contributed by atoms with Crippen molar-refractivity contribution in [3.63, 3.8) is 0 Å². The number of ether oxygens (including phenoxy) is 1. The first kappa shape index (κ1) is 18.3. The highest BCUT2D eigenvalue weighted by atomic mass is 79.9. The van der Waals surface area contributed by atoms with Crippen LogP contribution in [0.1, 0.15) is 28.4 Å². The van der Waals surface area contributed by atoms with Crippen molar-refractivity contribution >= 4 is 39.4 Å². The molecule has 2 aromatic carbocycles. The molecule has 0 bridgehead atoms. The number of nitrogens with one attached hydrogen (secondary N) is 1. The number of methoxy groups -OCH3 is 1. The minimum absolute atomic E-state index is 0.343. The van der Waals surface area contributed by atoms with Gasteiger partial charge in [-0.2, -0.15) is 0 Å². The van der Waals surface area contributed by atoms with Gasteiger partial charge in [-0.3, -0.25) is 4.79 Å². The quantitative estimate of drug-likeness (QED) is 0.793. The van der Waals surface area contributed by atoms with Gasteiger partial charge in [-0.05, 0) is 51.8 Å². The first-order chi connectivity index (χ1) is 11.4. The molecule has 5 nitrogen and oxygen atoms in total. The molecule has 0 aliphatic heterocycles. The zero-order chi connectivity index (χ0) is 17.7. The molecule has 126 valence electrons. The monoisotopic (exact) mass is 410 g/mol. The number of carboxylic acids is 1. The van der Waals surface area contributed by atoms with Crippen molar-refractivity contribution in [1.82, 2.24) is 5.32 Å². The Kier molecular flexibility index (Phi) is 6.23. The minimum atomic E-state index is -1.26. The molecule has 0 aromatic heterocycles. The first-order valence-corrected chi connectivity index (χ1v) is 8.17. The lowest BCUT2D eigenvalue weighted by Gasteiger charge is -2.20. The van der Waals surface area contributed by atoms with Crippen molar-refractivity contribution in [1.29, 1.82) is 0 Å². The van der Waals surface area contributed by atoms with E-state index in [0.717, 1.165) is 0 Å². The zero-order valence-electron chi connectivity index (χ0n) is 12.7. The van der Waals surface area contributed by atoms with Crippen LogP contribution in [0.15, 0.2) is 46.9 Å². The first-order valence-electron chi connectivity index (χ1n) is 7.00. The molecule has 1 unspecified atom stereocenters. The van der Waals surface area contributed by atoms with E-state index < -0.39 is 17.9 Å². The number of carbonyl (C=O) groups excluding carboxylic acids is 2. The molecule has 0 saturated heterocycles. The summed E-state index contributed by atoms with van der Waals surface area (Å²) in [7, 11) is 1.52. The van der Waals surface area contributed by atoms with Crippen LogP contribution in [0, 0.1) is 0 Å². The fraction of sp³-hybridized carbons (Fsp3) is 0.176. The van der Waals surface area contributed by atoms with Gasteiger partial charge in [-0.15, -0.1) is 0 Å². The predicted molar refractivity (Wildman–Crippen MR) is 92.0 cm³/mol. The van der Waals surface area contributed by atoms with Gasteiger partial charge in [0, 0.05) is 23.0 Å². The van der Waals surface area contributed by atoms with E-state index in [1.54, 1.807) is 42.5 Å². The average molecular weight is 412 g/mol. The van der Waals surface area contributed by atoms with Crippen LogP contribution in [-0.2, 0) is 4.79 Å². The van der Waals surface area contributed by atoms with Crippen LogP contribution in [0.3, 0.4) is 0 Å². The van der Waals surface area contributed by atoms with Gasteiger partial charge in [0.1, 0.15) is 5.75 Å². The van der Waals surface area contributed by atoms with Gasteiger partial charge in [0.15, 0.2) is 0 Å². The lowest BCUT2D eigenvalue weighted by Crippen LogP contribution is -2.34. The molecule has 0 aliphatic carbocycles. The number of benzene rings is 2. The summed E-state index contributed by atoms with van der Waals surface area (Å²) in [5.74, 6) is -1.07. The molecule has 2 aromatic rings. The molecule has 1 N–H and O–H groups in total. The molecular formula is C17H14BrClNO4-. The number of amides is 1. The lowest BCUT2D eigenvalue weighted by molar-refractivity contribution is -0.306. The average Bonchev–Trinajstić information content (AvgIpc) is 2.54. The summed E-state index contributed by atoms with van der Waals surface area (Å²) in [6, 6.07) is 10.7. The molecular weight excluding hydrogens is 398 g/mol. The minimum Gasteiger partial charge on any atom is -0.550 e. The molecule has 24 heavy (non-hydrogen) atoms. The van der Waals surface area contributed by atoms with Gasteiger partial charge in [0.2, 0.25) is 0 Å². The van der Waals surface area contributed by atoms with Gasteiger partial charge in [0.05, 0.1) is 17.6 Å². The van der Waals surface area contributed by atoms with Gasteiger partial charge >= 0.3 is 0 Å². The van der Waals surface area contributed by atoms with Crippen LogP contribution in [0.5, 0.6) is 5.75 Å². The maximum absolute atomic E-state index is 12.4. The lowest BCUT2D eigenvalue weighted by atomic mass is 10.0. The molecule has 1 amide bonds. The van der Waals surface area contributed by atoms with Crippen molar-refractivity contribution in [3.8, 4) is 5.75 Å². The highest BCUT2D eigenvalue weighted by Crippen LogP contribution is 2.26. The number of hydrogen-bond donors (Lipinski definition) is 1. The molecule has 7 heteroatoms. The Bertz CT molecular complexity index is 749. The molecule has 0 aliphatic rings. The summed E-state index contributed by atoms with van der Waals surface area (Å²) in [6.07, 6.45) is -0.343. The maximum Gasteiger partial charge on any atom is 0.251 e. The molecule has 0 spiro atoms. The van der Waals surface area contributed by atoms with Crippen LogP contribution in [0.4, 0.5) is 0 Å². The standard InChI is InChI=1S/C17H15BrClNO4/c1-24-15-7-4-11(8-13(15)18)17(23)20-14(9-16(21)22)10-2-5-12(19)6-3-10/h2-8,14H,9H2,1H3,(H,20,23)(H,21,22)/p-1. The van der Waals surface area contributed by atoms with E-state index in [4.69, 9.17) is 16.3 Å². The van der Waals surface area contributed by atoms with Gasteiger partial charge < -0.3 is 20.0 Å². The smallest absolute Gasteiger partial charge is 0.251 e. The number of hydrogen-bond acceptors (Lipinski definition) is 4. The second kappa shape index (κ2) is 8.17. The summed E-state index contributed by atoms with van der Waals surface area (Å²) in [6.45, 7) is 0. The van der Waals surface area contributed by atoms with Crippen LogP contribution in [-0.4, -0.2) is 19.0 Å². The maximum atomic E-state index is 12.4. The Balaban J connectivity index is 2.22. The normalized spacial score (nSPS) is 11.6. The van der Waals surface area contributed by atoms with Gasteiger partial charge in [-0.1, -0.05) is 23.7 Å². The zero-order valence-corrected chi connectivity index (χ0v) is 15.1. The fourth-order valence-corrected chi connectivity index (χ4v) is 2.83. The van der Waals surface area contributed by atoms with Gasteiger partial charge in [0.25, 0.3) is 5.91 Å². The van der Waals surface area contributed by atoms with Crippen molar-refractivity contribution < 1.29 is 19.4 Å². The second-order valence-corrected chi connectivity index (χ2v) is 6.29. The third-order valence-corrected chi connectivity index (χ3v) is 4.23. The van der Waals surface area contributed by atoms with E-state index in [-0.39, 0.29) is 6.42 Å². The molecule has 0 heterocycles. The van der Waals surface area contributed by atoms with E-state index >= 15 is 0 Å². The van der Waals surface area contributed by atoms with Crippen LogP contribution >= 0.6 is 27.5 Å². The number of halogens is 2. The number of carboxylic acid groups (broad SMARTS) is 1. The number of carbonyl (C=O) groups is 2. The third-order valence-electron chi connectivity index (χ3n) is 3.36. The highest BCUT2D eigenvalue weighted by Gasteiger charge is 2.17. The Labute approximate surface area is 152 Å². The van der Waals surface area contributed by atoms with E-state index in [1.807, 2.05) is 0 Å². The van der Waals surface area contributed by atoms with Crippen molar-refractivity contribution in [2.24, 2.45) is 0 Å². The third kappa shape index (κ3) is 4.72. The molecule has 1 atom stereocenters. The van der Waals surface area contributed by atoms with E-state index in [9.17, 15) is 14.7 Å². The van der Waals surface area contributed by atoms with Crippen LogP contribution in [0.25, 0.3) is 0 Å². The summed E-state index contributed by atoms with van der Waals surface area (Å²) < 4.78 is 5.74. The second-order valence-electron chi connectivity index (χ2n) is 5.00. The Morgan fingerprint density at radius 1 is 1.25 bits per heavy atom. The summed E-state index contributed by atoms with van der Waals surface area (Å²) in [5.41, 5.74) is 1.00.